The lowest BCUT2D eigenvalue weighted by Crippen LogP contribution is -2.26. The third kappa shape index (κ3) is 573. The summed E-state index contributed by atoms with van der Waals surface area (Å²) < 4.78 is 0. The maximum Gasteiger partial charge on any atom is 2.00 e. The van der Waals surface area contributed by atoms with E-state index < -0.39 is 7.69 Å². The molecule has 0 heterocycles. The van der Waals surface area contributed by atoms with Gasteiger partial charge in [0, 0.05) is 0 Å². The second kappa shape index (κ2) is 12.5. The molecule has 0 aromatic heterocycles. The van der Waals surface area contributed by atoms with Crippen LogP contribution < -0.4 is 10.0 Å². The van der Waals surface area contributed by atoms with Gasteiger partial charge in [-0.05, 0) is 0 Å². The molecule has 0 amide bonds. The second-order valence-electron chi connectivity index (χ2n) is 0.118. The van der Waals surface area contributed by atoms with Gasteiger partial charge in [-0.15, -0.1) is 7.69 Å². The van der Waals surface area contributed by atoms with Gasteiger partial charge in [0.15, 0.2) is 0 Å². The molecular weight excluding hydrogens is 58.8 g/mol. The van der Waals surface area contributed by atoms with E-state index in [9.17, 15) is 0 Å². The highest BCUT2D eigenvalue weighted by molar-refractivity contribution is 6.08. The minimum absolute atomic E-state index is 0. The van der Waals surface area contributed by atoms with E-state index in [2.05, 4.69) is 0 Å². The second-order valence-corrected chi connectivity index (χ2v) is 0.118. The lowest BCUT2D eigenvalue weighted by molar-refractivity contribution is -0.328. The van der Waals surface area contributed by atoms with Crippen molar-refractivity contribution in [2.45, 2.75) is 0 Å². The summed E-state index contributed by atoms with van der Waals surface area (Å²) in [5.74, 6) is 0. The highest BCUT2D eigenvalue weighted by atomic mass is 16.4. The van der Waals surface area contributed by atoms with Crippen LogP contribution in [0.3, 0.4) is 0 Å². The van der Waals surface area contributed by atoms with Crippen molar-refractivity contribution in [3.05, 3.63) is 0 Å². The lowest BCUT2D eigenvalue weighted by atomic mass is 10.5. The van der Waals surface area contributed by atoms with E-state index >= 15 is 0 Å². The summed E-state index contributed by atoms with van der Waals surface area (Å²) in [6, 6.07) is 0. The summed E-state index contributed by atoms with van der Waals surface area (Å²) >= 11 is 0. The first-order valence-electron chi connectivity index (χ1n) is 0.577. The van der Waals surface area contributed by atoms with Gasteiger partial charge >= 0.3 is 5.48 Å². The van der Waals surface area contributed by atoms with Crippen LogP contribution in [0, 0.1) is 0 Å². The van der Waals surface area contributed by atoms with Crippen molar-refractivity contribution >= 4 is 7.69 Å². The molecule has 4 heteroatoms. The quantitative estimate of drug-likeness (QED) is 0.277. The first kappa shape index (κ1) is 9.04. The Morgan fingerprint density at radius 2 is 1.25 bits per heavy atom. The molecule has 0 aliphatic heterocycles. The van der Waals surface area contributed by atoms with Crippen molar-refractivity contribution in [2.75, 3.05) is 0 Å². The van der Waals surface area contributed by atoms with Crippen molar-refractivity contribution in [2.24, 2.45) is 0 Å². The van der Waals surface area contributed by atoms with Gasteiger partial charge in [-0.3, -0.25) is 0 Å². The molecule has 0 spiro atoms. The van der Waals surface area contributed by atoms with Gasteiger partial charge in [0.1, 0.15) is 0 Å². The Morgan fingerprint density at radius 3 is 1.25 bits per heavy atom. The van der Waals surface area contributed by atoms with Crippen molar-refractivity contribution in [3.63, 3.8) is 0 Å². The van der Waals surface area contributed by atoms with Crippen molar-refractivity contribution in [3.8, 4) is 0 Å². The number of hydrogen-bond donors (Lipinski definition) is 0. The SMILES string of the molecule is [O+2].[O-]B[O-]. The summed E-state index contributed by atoms with van der Waals surface area (Å²) in [5, 5.41) is 16.8. The first-order chi connectivity index (χ1) is 1.41. The largest absolute Gasteiger partial charge is 2.00 e. The molecule has 0 aromatic rings. The first-order valence-corrected chi connectivity index (χ1v) is 0.577. The zero-order valence-corrected chi connectivity index (χ0v) is 1.93. The zero-order chi connectivity index (χ0) is 2.71. The topological polar surface area (TPSA) is 74.6 Å². The summed E-state index contributed by atoms with van der Waals surface area (Å²) in [5.41, 5.74) is 0. The Kier molecular flexibility index (Phi) is 28.2. The molecule has 0 N–H and O–H groups in total. The molecule has 22 valence electrons. The van der Waals surface area contributed by atoms with Crippen LogP contribution in [0.2, 0.25) is 0 Å². The van der Waals surface area contributed by atoms with E-state index in [1.54, 1.807) is 0 Å². The normalized spacial score (nSPS) is 3.50. The van der Waals surface area contributed by atoms with E-state index in [0.29, 0.717) is 0 Å². The Labute approximate surface area is 24.5 Å². The van der Waals surface area contributed by atoms with Crippen molar-refractivity contribution < 1.29 is 15.5 Å². The molecule has 0 saturated carbocycles. The van der Waals surface area contributed by atoms with Crippen LogP contribution in [-0.2, 0) is 5.48 Å². The smallest absolute Gasteiger partial charge is 0.896 e. The summed E-state index contributed by atoms with van der Waals surface area (Å²) in [6.45, 7) is 0. The molecule has 0 rings (SSSR count). The van der Waals surface area contributed by atoms with E-state index in [0.717, 1.165) is 0 Å². The van der Waals surface area contributed by atoms with Crippen LogP contribution in [0.25, 0.3) is 0 Å². The fourth-order valence-electron chi connectivity index (χ4n) is 0. The monoisotopic (exact) mass is 60.0 g/mol. The lowest BCUT2D eigenvalue weighted by Gasteiger charge is -1.98. The highest BCUT2D eigenvalue weighted by Gasteiger charge is 2.00. The third-order valence-corrected chi connectivity index (χ3v) is 0. The van der Waals surface area contributed by atoms with Crippen molar-refractivity contribution in [1.82, 2.24) is 0 Å². The van der Waals surface area contributed by atoms with E-state index in [4.69, 9.17) is 10.0 Å². The molecule has 0 bridgehead atoms. The van der Waals surface area contributed by atoms with Gasteiger partial charge in [0.25, 0.3) is 0 Å². The van der Waals surface area contributed by atoms with Crippen molar-refractivity contribution in [1.29, 1.82) is 0 Å². The predicted molar refractivity (Wildman–Crippen MR) is 7.84 cm³/mol. The molecule has 0 fully saturated rings. The maximum absolute atomic E-state index is 8.38. The fourth-order valence-corrected chi connectivity index (χ4v) is 0. The molecule has 0 aliphatic rings. The van der Waals surface area contributed by atoms with Gasteiger partial charge in [-0.1, -0.05) is 0 Å². The van der Waals surface area contributed by atoms with E-state index in [1.165, 1.54) is 0 Å². The third-order valence-electron chi connectivity index (χ3n) is 0. The molecule has 0 aromatic carbocycles. The summed E-state index contributed by atoms with van der Waals surface area (Å²) in [4.78, 5) is 0. The van der Waals surface area contributed by atoms with E-state index in [1.807, 2.05) is 0 Å². The number of rotatable bonds is 0. The van der Waals surface area contributed by atoms with Crippen LogP contribution in [0.1, 0.15) is 0 Å². The Morgan fingerprint density at radius 1 is 1.25 bits per heavy atom. The molecule has 0 aliphatic carbocycles. The van der Waals surface area contributed by atoms with Gasteiger partial charge < -0.3 is 10.0 Å². The maximum atomic E-state index is 8.38. The van der Waals surface area contributed by atoms with Gasteiger partial charge in [-0.2, -0.15) is 0 Å². The molecule has 0 atom stereocenters. The standard InChI is InChI=1S/BHO2.O/c2-1-3;/h1H;/q-2;+2. The number of hydrogen-bond acceptors (Lipinski definition) is 2. The zero-order valence-electron chi connectivity index (χ0n) is 1.93. The highest BCUT2D eigenvalue weighted by Crippen LogP contribution is 0.686. The summed E-state index contributed by atoms with van der Waals surface area (Å²) in [6.07, 6.45) is 0. The van der Waals surface area contributed by atoms with Crippen LogP contribution in [0.15, 0.2) is 0 Å². The summed E-state index contributed by atoms with van der Waals surface area (Å²) in [7, 11) is -1.25. The Hall–Kier alpha value is -0.0551. The van der Waals surface area contributed by atoms with Crippen LogP contribution in [0.4, 0.5) is 0 Å². The molecular formula is HBO3. The molecule has 0 saturated heterocycles. The van der Waals surface area contributed by atoms with Gasteiger partial charge in [0.05, 0.1) is 0 Å². The minimum Gasteiger partial charge on any atom is -0.896 e. The molecule has 0 unspecified atom stereocenters. The minimum atomic E-state index is -1.25. The average molecular weight is 59.8 g/mol. The molecule has 4 heavy (non-hydrogen) atoms. The van der Waals surface area contributed by atoms with Crippen LogP contribution >= 0.6 is 0 Å². The van der Waals surface area contributed by atoms with Gasteiger partial charge in [0.2, 0.25) is 0 Å². The van der Waals surface area contributed by atoms with Gasteiger partial charge in [-0.25, -0.2) is 0 Å². The van der Waals surface area contributed by atoms with Crippen LogP contribution in [-0.4, -0.2) is 7.69 Å². The Balaban J connectivity index is 0. The predicted octanol–water partition coefficient (Wildman–Crippen LogP) is -3.15. The fraction of sp³-hybridized carbons (Fsp3) is 0. The van der Waals surface area contributed by atoms with E-state index in [-0.39, 0.29) is 5.48 Å². The molecule has 4 radical (unpaired) electrons. The Bertz CT molecular complexity index is 3.25. The molecule has 3 nitrogen and oxygen atoms in total. The van der Waals surface area contributed by atoms with Crippen LogP contribution in [0.5, 0.6) is 0 Å². The average Bonchev–Trinajstić information content (AvgIpc) is 0.918.